The van der Waals surface area contributed by atoms with Crippen molar-refractivity contribution in [2.24, 2.45) is 0 Å². The van der Waals surface area contributed by atoms with Crippen molar-refractivity contribution >= 4 is 38.4 Å². The normalized spacial score (nSPS) is 12.1. The summed E-state index contributed by atoms with van der Waals surface area (Å²) >= 11 is 9.31. The van der Waals surface area contributed by atoms with Crippen LogP contribution in [-0.2, 0) is 5.41 Å². The summed E-state index contributed by atoms with van der Waals surface area (Å²) in [6.45, 7) is 6.21. The van der Waals surface area contributed by atoms with Gasteiger partial charge in [0.1, 0.15) is 11.0 Å². The number of hydrogen-bond acceptors (Lipinski definition) is 1. The number of rotatable bonds is 0. The highest BCUT2D eigenvalue weighted by molar-refractivity contribution is 9.10. The highest BCUT2D eigenvalue weighted by Gasteiger charge is 2.19. The van der Waals surface area contributed by atoms with Gasteiger partial charge in [-0.3, -0.25) is 0 Å². The molecule has 0 aliphatic heterocycles. The summed E-state index contributed by atoms with van der Waals surface area (Å²) in [5.74, 6) is -0.329. The molecule has 2 aromatic rings. The Bertz CT molecular complexity index is 590. The fourth-order valence-electron chi connectivity index (χ4n) is 1.67. The summed E-state index contributed by atoms with van der Waals surface area (Å²) in [6, 6.07) is 5.08. The van der Waals surface area contributed by atoms with Crippen LogP contribution in [0.15, 0.2) is 22.7 Å². The maximum atomic E-state index is 13.4. The molecule has 0 amide bonds. The average Bonchev–Trinajstić information content (AvgIpc) is 2.18. The van der Waals surface area contributed by atoms with Crippen molar-refractivity contribution in [3.05, 3.63) is 39.2 Å². The maximum absolute atomic E-state index is 13.4. The molecule has 0 unspecified atom stereocenters. The lowest BCUT2D eigenvalue weighted by Crippen LogP contribution is -2.12. The smallest absolute Gasteiger partial charge is 0.139 e. The predicted octanol–water partition coefficient (Wildman–Crippen LogP) is 5.09. The Morgan fingerprint density at radius 1 is 1.24 bits per heavy atom. The van der Waals surface area contributed by atoms with Gasteiger partial charge in [-0.1, -0.05) is 32.4 Å². The molecule has 0 saturated heterocycles. The average molecular weight is 317 g/mol. The van der Waals surface area contributed by atoms with Gasteiger partial charge in [0.05, 0.1) is 9.99 Å². The van der Waals surface area contributed by atoms with E-state index >= 15 is 0 Å². The van der Waals surface area contributed by atoms with Crippen LogP contribution in [0.4, 0.5) is 4.39 Å². The van der Waals surface area contributed by atoms with Crippen LogP contribution in [-0.4, -0.2) is 4.98 Å². The second-order valence-corrected chi connectivity index (χ2v) is 6.25. The SMILES string of the molecule is CC(C)(C)c1cc2cc(Br)c(F)cc2nc1Cl. The molecule has 90 valence electrons. The van der Waals surface area contributed by atoms with Crippen LogP contribution in [0.5, 0.6) is 0 Å². The Morgan fingerprint density at radius 3 is 2.47 bits per heavy atom. The van der Waals surface area contributed by atoms with E-state index in [1.165, 1.54) is 6.07 Å². The number of halogens is 3. The number of aromatic nitrogens is 1. The van der Waals surface area contributed by atoms with Gasteiger partial charge >= 0.3 is 0 Å². The molecule has 0 bridgehead atoms. The first kappa shape index (κ1) is 12.8. The predicted molar refractivity (Wildman–Crippen MR) is 73.1 cm³/mol. The van der Waals surface area contributed by atoms with Crippen LogP contribution in [0.3, 0.4) is 0 Å². The molecule has 0 spiro atoms. The summed E-state index contributed by atoms with van der Waals surface area (Å²) in [5.41, 5.74) is 1.45. The molecule has 0 atom stereocenters. The van der Waals surface area contributed by atoms with E-state index in [9.17, 15) is 4.39 Å². The highest BCUT2D eigenvalue weighted by Crippen LogP contribution is 2.32. The standard InChI is InChI=1S/C13H12BrClFN/c1-13(2,3)8-4-7-5-9(14)10(16)6-11(7)17-12(8)15/h4-6H,1-3H3. The Hall–Kier alpha value is -0.670. The number of pyridine rings is 1. The van der Waals surface area contributed by atoms with Crippen molar-refractivity contribution in [3.63, 3.8) is 0 Å². The van der Waals surface area contributed by atoms with E-state index in [4.69, 9.17) is 11.6 Å². The van der Waals surface area contributed by atoms with E-state index in [0.29, 0.717) is 15.1 Å². The van der Waals surface area contributed by atoms with Crippen molar-refractivity contribution in [1.82, 2.24) is 4.98 Å². The molecule has 1 aromatic heterocycles. The summed E-state index contributed by atoms with van der Waals surface area (Å²) in [6.07, 6.45) is 0. The molecular formula is C13H12BrClFN. The summed E-state index contributed by atoms with van der Waals surface area (Å²) in [5, 5.41) is 1.32. The third-order valence-corrected chi connectivity index (χ3v) is 3.51. The molecule has 1 heterocycles. The fraction of sp³-hybridized carbons (Fsp3) is 0.308. The zero-order valence-electron chi connectivity index (χ0n) is 9.81. The van der Waals surface area contributed by atoms with Gasteiger partial charge < -0.3 is 0 Å². The Balaban J connectivity index is 2.76. The molecule has 1 aromatic carbocycles. The molecule has 0 radical (unpaired) electrons. The Labute approximate surface area is 113 Å². The third-order valence-electron chi connectivity index (χ3n) is 2.62. The van der Waals surface area contributed by atoms with Crippen LogP contribution in [0.2, 0.25) is 5.15 Å². The van der Waals surface area contributed by atoms with Crippen LogP contribution < -0.4 is 0 Å². The van der Waals surface area contributed by atoms with Crippen LogP contribution in [0.25, 0.3) is 10.9 Å². The summed E-state index contributed by atoms with van der Waals surface area (Å²) in [7, 11) is 0. The zero-order valence-corrected chi connectivity index (χ0v) is 12.2. The van der Waals surface area contributed by atoms with E-state index < -0.39 is 0 Å². The van der Waals surface area contributed by atoms with Crippen molar-refractivity contribution in [2.75, 3.05) is 0 Å². The van der Waals surface area contributed by atoms with E-state index in [1.54, 1.807) is 6.07 Å². The second-order valence-electron chi connectivity index (χ2n) is 5.04. The second kappa shape index (κ2) is 4.21. The largest absolute Gasteiger partial charge is 0.236 e. The van der Waals surface area contributed by atoms with Crippen molar-refractivity contribution in [1.29, 1.82) is 0 Å². The van der Waals surface area contributed by atoms with E-state index in [0.717, 1.165) is 10.9 Å². The van der Waals surface area contributed by atoms with Crippen LogP contribution >= 0.6 is 27.5 Å². The molecule has 0 fully saturated rings. The molecule has 2 rings (SSSR count). The summed E-state index contributed by atoms with van der Waals surface area (Å²) < 4.78 is 13.8. The minimum Gasteiger partial charge on any atom is -0.236 e. The van der Waals surface area contributed by atoms with Crippen molar-refractivity contribution in [3.8, 4) is 0 Å². The van der Waals surface area contributed by atoms with Crippen LogP contribution in [0.1, 0.15) is 26.3 Å². The molecule has 0 saturated carbocycles. The quantitative estimate of drug-likeness (QED) is 0.617. The number of nitrogens with zero attached hydrogens (tertiary/aromatic N) is 1. The lowest BCUT2D eigenvalue weighted by atomic mass is 9.87. The fourth-order valence-corrected chi connectivity index (χ4v) is 2.46. The highest BCUT2D eigenvalue weighted by atomic mass is 79.9. The van der Waals surface area contributed by atoms with E-state index in [-0.39, 0.29) is 11.2 Å². The number of fused-ring (bicyclic) bond motifs is 1. The Kier molecular flexibility index (Phi) is 3.17. The zero-order chi connectivity index (χ0) is 12.8. The van der Waals surface area contributed by atoms with E-state index in [1.807, 2.05) is 6.07 Å². The first-order chi connectivity index (χ1) is 7.79. The first-order valence-electron chi connectivity index (χ1n) is 5.25. The minimum atomic E-state index is -0.329. The monoisotopic (exact) mass is 315 g/mol. The number of hydrogen-bond donors (Lipinski definition) is 0. The van der Waals surface area contributed by atoms with Crippen molar-refractivity contribution in [2.45, 2.75) is 26.2 Å². The van der Waals surface area contributed by atoms with Gasteiger partial charge in [0.25, 0.3) is 0 Å². The molecular weight excluding hydrogens is 305 g/mol. The van der Waals surface area contributed by atoms with Gasteiger partial charge in [0, 0.05) is 11.5 Å². The van der Waals surface area contributed by atoms with Gasteiger partial charge in [-0.25, -0.2) is 9.37 Å². The van der Waals surface area contributed by atoms with Crippen molar-refractivity contribution < 1.29 is 4.39 Å². The molecule has 0 N–H and O–H groups in total. The topological polar surface area (TPSA) is 12.9 Å². The van der Waals surface area contributed by atoms with E-state index in [2.05, 4.69) is 41.7 Å². The Morgan fingerprint density at radius 2 is 1.88 bits per heavy atom. The lowest BCUT2D eigenvalue weighted by molar-refractivity contribution is 0.589. The van der Waals surface area contributed by atoms with Gasteiger partial charge in [0.15, 0.2) is 0 Å². The van der Waals surface area contributed by atoms with Gasteiger partial charge in [0.2, 0.25) is 0 Å². The third kappa shape index (κ3) is 2.45. The minimum absolute atomic E-state index is 0.0842. The lowest BCUT2D eigenvalue weighted by Gasteiger charge is -2.20. The first-order valence-corrected chi connectivity index (χ1v) is 6.42. The molecule has 0 aliphatic carbocycles. The molecule has 1 nitrogen and oxygen atoms in total. The van der Waals surface area contributed by atoms with Gasteiger partial charge in [-0.15, -0.1) is 0 Å². The number of benzene rings is 1. The maximum Gasteiger partial charge on any atom is 0.139 e. The summed E-state index contributed by atoms with van der Waals surface area (Å²) in [4.78, 5) is 4.25. The molecule has 4 heteroatoms. The van der Waals surface area contributed by atoms with Gasteiger partial charge in [-0.05, 0) is 39.0 Å². The van der Waals surface area contributed by atoms with Gasteiger partial charge in [-0.2, -0.15) is 0 Å². The molecule has 17 heavy (non-hydrogen) atoms. The van der Waals surface area contributed by atoms with Crippen LogP contribution in [0, 0.1) is 5.82 Å². The molecule has 0 aliphatic rings.